The van der Waals surface area contributed by atoms with Crippen LogP contribution in [0.3, 0.4) is 0 Å². The number of pyridine rings is 1. The number of aromatic nitrogens is 1. The molecule has 0 fully saturated rings. The fourth-order valence-corrected chi connectivity index (χ4v) is 2.45. The van der Waals surface area contributed by atoms with Crippen molar-refractivity contribution in [1.29, 1.82) is 0 Å². The van der Waals surface area contributed by atoms with E-state index in [1.807, 2.05) is 36.4 Å². The third-order valence-electron chi connectivity index (χ3n) is 3.46. The molecule has 0 aliphatic carbocycles. The van der Waals surface area contributed by atoms with Gasteiger partial charge in [-0.15, -0.1) is 0 Å². The Balaban J connectivity index is 2.02. The zero-order chi connectivity index (χ0) is 15.1. The minimum atomic E-state index is 0.160. The van der Waals surface area contributed by atoms with Crippen molar-refractivity contribution in [3.05, 3.63) is 53.7 Å². The number of nitrogens with zero attached hydrogens (tertiary/aromatic N) is 1. The normalized spacial score (nSPS) is 12.1. The van der Waals surface area contributed by atoms with Crippen LogP contribution in [0.5, 0.6) is 5.75 Å². The molecule has 2 rings (SSSR count). The Bertz CT molecular complexity index is 537. The molecule has 1 heterocycles. The van der Waals surface area contributed by atoms with E-state index >= 15 is 0 Å². The van der Waals surface area contributed by atoms with E-state index in [9.17, 15) is 0 Å². The second-order valence-electron chi connectivity index (χ2n) is 4.99. The third kappa shape index (κ3) is 4.20. The fourth-order valence-electron chi connectivity index (χ4n) is 2.45. The van der Waals surface area contributed by atoms with Gasteiger partial charge >= 0.3 is 0 Å². The zero-order valence-electron chi connectivity index (χ0n) is 12.7. The van der Waals surface area contributed by atoms with Crippen molar-refractivity contribution < 1.29 is 4.74 Å². The van der Waals surface area contributed by atoms with Gasteiger partial charge in [0.25, 0.3) is 0 Å². The summed E-state index contributed by atoms with van der Waals surface area (Å²) >= 11 is 0. The van der Waals surface area contributed by atoms with Gasteiger partial charge in [-0.3, -0.25) is 0 Å². The second-order valence-corrected chi connectivity index (χ2v) is 4.99. The van der Waals surface area contributed by atoms with Crippen molar-refractivity contribution in [3.8, 4) is 5.75 Å². The van der Waals surface area contributed by atoms with Crippen LogP contribution in [-0.2, 0) is 0 Å². The predicted octanol–water partition coefficient (Wildman–Crippen LogP) is 3.09. The molecule has 0 bridgehead atoms. The van der Waals surface area contributed by atoms with Gasteiger partial charge in [0.2, 0.25) is 0 Å². The van der Waals surface area contributed by atoms with Gasteiger partial charge < -0.3 is 15.8 Å². The van der Waals surface area contributed by atoms with Crippen LogP contribution >= 0.6 is 0 Å². The second kappa shape index (κ2) is 7.64. The molecule has 21 heavy (non-hydrogen) atoms. The van der Waals surface area contributed by atoms with Gasteiger partial charge in [-0.05, 0) is 37.2 Å². The number of para-hydroxylation sites is 1. The lowest BCUT2D eigenvalue weighted by Gasteiger charge is -2.21. The summed E-state index contributed by atoms with van der Waals surface area (Å²) in [6.07, 6.45) is 2.59. The van der Waals surface area contributed by atoms with Crippen molar-refractivity contribution in [2.45, 2.75) is 26.3 Å². The maximum Gasteiger partial charge on any atom is 0.128 e. The number of nitrogens with two attached hydrogens (primary N) is 1. The van der Waals surface area contributed by atoms with E-state index in [0.717, 1.165) is 29.8 Å². The van der Waals surface area contributed by atoms with Crippen molar-refractivity contribution >= 4 is 5.82 Å². The number of hydrogen-bond donors (Lipinski definition) is 2. The van der Waals surface area contributed by atoms with E-state index in [1.165, 1.54) is 0 Å². The smallest absolute Gasteiger partial charge is 0.128 e. The van der Waals surface area contributed by atoms with Crippen LogP contribution in [0, 0.1) is 6.92 Å². The third-order valence-corrected chi connectivity index (χ3v) is 3.46. The first kappa shape index (κ1) is 15.3. The van der Waals surface area contributed by atoms with Crippen molar-refractivity contribution in [3.63, 3.8) is 0 Å². The van der Waals surface area contributed by atoms with Crippen LogP contribution in [0.2, 0.25) is 0 Å². The molecule has 2 aromatic rings. The van der Waals surface area contributed by atoms with E-state index in [4.69, 9.17) is 10.5 Å². The predicted molar refractivity (Wildman–Crippen MR) is 86.4 cm³/mol. The first-order valence-corrected chi connectivity index (χ1v) is 7.34. The quantitative estimate of drug-likeness (QED) is 0.820. The Kier molecular flexibility index (Phi) is 5.58. The fraction of sp³-hybridized carbons (Fsp3) is 0.353. The van der Waals surface area contributed by atoms with Gasteiger partial charge in [0.05, 0.1) is 6.61 Å². The summed E-state index contributed by atoms with van der Waals surface area (Å²) in [7, 11) is 0. The molecule has 1 aromatic heterocycles. The number of benzene rings is 1. The molecule has 0 aliphatic rings. The number of aryl methyl sites for hydroxylation is 1. The van der Waals surface area contributed by atoms with E-state index in [1.54, 1.807) is 6.20 Å². The van der Waals surface area contributed by atoms with Crippen LogP contribution < -0.4 is 15.8 Å². The summed E-state index contributed by atoms with van der Waals surface area (Å²) in [4.78, 5) is 4.21. The highest BCUT2D eigenvalue weighted by Crippen LogP contribution is 2.25. The van der Waals surface area contributed by atoms with Gasteiger partial charge in [0, 0.05) is 24.2 Å². The topological polar surface area (TPSA) is 60.2 Å². The summed E-state index contributed by atoms with van der Waals surface area (Å²) in [6, 6.07) is 12.0. The highest BCUT2D eigenvalue weighted by Gasteiger charge is 2.16. The lowest BCUT2D eigenvalue weighted by Crippen LogP contribution is -2.25. The van der Waals surface area contributed by atoms with Crippen molar-refractivity contribution in [1.82, 2.24) is 10.3 Å². The average Bonchev–Trinajstić information content (AvgIpc) is 2.48. The van der Waals surface area contributed by atoms with Gasteiger partial charge in [0.1, 0.15) is 11.6 Å². The minimum Gasteiger partial charge on any atom is -0.494 e. The maximum absolute atomic E-state index is 6.04. The standard InChI is InChI=1S/C17H23N3O/c1-3-19-15(16-13(2)9-11-20-17(16)18)10-12-21-14-7-5-4-6-8-14/h4-9,11,15,19H,3,10,12H2,1-2H3,(H2,18,20). The molecule has 1 atom stereocenters. The summed E-state index contributed by atoms with van der Waals surface area (Å²) in [5.74, 6) is 1.49. The summed E-state index contributed by atoms with van der Waals surface area (Å²) < 4.78 is 5.78. The minimum absolute atomic E-state index is 0.160. The molecule has 112 valence electrons. The molecular formula is C17H23N3O. The van der Waals surface area contributed by atoms with Gasteiger partial charge in [0.15, 0.2) is 0 Å². The first-order chi connectivity index (χ1) is 10.2. The zero-order valence-corrected chi connectivity index (χ0v) is 12.7. The molecule has 4 heteroatoms. The Labute approximate surface area is 126 Å². The van der Waals surface area contributed by atoms with Gasteiger partial charge in [-0.25, -0.2) is 4.98 Å². The summed E-state index contributed by atoms with van der Waals surface area (Å²) in [6.45, 7) is 5.67. The Hall–Kier alpha value is -2.07. The highest BCUT2D eigenvalue weighted by atomic mass is 16.5. The largest absolute Gasteiger partial charge is 0.494 e. The van der Waals surface area contributed by atoms with E-state index in [2.05, 4.69) is 24.1 Å². The molecule has 1 aromatic carbocycles. The van der Waals surface area contributed by atoms with Crippen LogP contribution in [0.1, 0.15) is 30.5 Å². The molecule has 0 aliphatic heterocycles. The molecular weight excluding hydrogens is 262 g/mol. The van der Waals surface area contributed by atoms with Crippen LogP contribution in [0.15, 0.2) is 42.6 Å². The molecule has 0 saturated carbocycles. The molecule has 0 amide bonds. The monoisotopic (exact) mass is 285 g/mol. The molecule has 4 nitrogen and oxygen atoms in total. The first-order valence-electron chi connectivity index (χ1n) is 7.34. The number of nitrogen functional groups attached to an aromatic ring is 1. The Morgan fingerprint density at radius 2 is 2.00 bits per heavy atom. The Morgan fingerprint density at radius 3 is 2.67 bits per heavy atom. The lowest BCUT2D eigenvalue weighted by atomic mass is 10.00. The number of rotatable bonds is 7. The number of anilines is 1. The van der Waals surface area contributed by atoms with E-state index in [0.29, 0.717) is 12.4 Å². The summed E-state index contributed by atoms with van der Waals surface area (Å²) in [5, 5.41) is 3.47. The summed E-state index contributed by atoms with van der Waals surface area (Å²) in [5.41, 5.74) is 8.28. The SMILES string of the molecule is CCNC(CCOc1ccccc1)c1c(C)ccnc1N. The number of ether oxygens (including phenoxy) is 1. The maximum atomic E-state index is 6.04. The van der Waals surface area contributed by atoms with Crippen molar-refractivity contribution in [2.75, 3.05) is 18.9 Å². The van der Waals surface area contributed by atoms with E-state index in [-0.39, 0.29) is 6.04 Å². The van der Waals surface area contributed by atoms with Gasteiger partial charge in [-0.1, -0.05) is 25.1 Å². The van der Waals surface area contributed by atoms with Crippen molar-refractivity contribution in [2.24, 2.45) is 0 Å². The van der Waals surface area contributed by atoms with Crippen LogP contribution in [0.25, 0.3) is 0 Å². The molecule has 0 saturated heterocycles. The Morgan fingerprint density at radius 1 is 1.24 bits per heavy atom. The van der Waals surface area contributed by atoms with E-state index < -0.39 is 0 Å². The molecule has 0 radical (unpaired) electrons. The molecule has 0 spiro atoms. The average molecular weight is 285 g/mol. The van der Waals surface area contributed by atoms with Gasteiger partial charge in [-0.2, -0.15) is 0 Å². The van der Waals surface area contributed by atoms with Crippen LogP contribution in [0.4, 0.5) is 5.82 Å². The van der Waals surface area contributed by atoms with Crippen LogP contribution in [-0.4, -0.2) is 18.1 Å². The number of nitrogens with one attached hydrogen (secondary N) is 1. The lowest BCUT2D eigenvalue weighted by molar-refractivity contribution is 0.287. The number of hydrogen-bond acceptors (Lipinski definition) is 4. The molecule has 3 N–H and O–H groups in total. The molecule has 1 unspecified atom stereocenters. The highest BCUT2D eigenvalue weighted by molar-refractivity contribution is 5.46.